The predicted molar refractivity (Wildman–Crippen MR) is 56.8 cm³/mol. The topological polar surface area (TPSA) is 78.9 Å². The van der Waals surface area contributed by atoms with Gasteiger partial charge < -0.3 is 9.84 Å². The Hall–Kier alpha value is -1.14. The highest BCUT2D eigenvalue weighted by atomic mass is 16.5. The number of aliphatic hydroxyl groups is 1. The molecule has 92 valence electrons. The maximum Gasteiger partial charge on any atom is 0.413 e. The summed E-state index contributed by atoms with van der Waals surface area (Å²) in [6.45, 7) is 2.96. The van der Waals surface area contributed by atoms with Gasteiger partial charge in [0.1, 0.15) is 0 Å². The van der Waals surface area contributed by atoms with E-state index in [1.165, 1.54) is 7.11 Å². The zero-order chi connectivity index (χ0) is 12.1. The lowest BCUT2D eigenvalue weighted by Crippen LogP contribution is -2.44. The van der Waals surface area contributed by atoms with Crippen molar-refractivity contribution in [2.45, 2.75) is 19.4 Å². The summed E-state index contributed by atoms with van der Waals surface area (Å²) < 4.78 is 4.32. The van der Waals surface area contributed by atoms with E-state index >= 15 is 0 Å². The molecule has 0 radical (unpaired) electrons. The summed E-state index contributed by atoms with van der Waals surface area (Å²) in [7, 11) is 1.21. The van der Waals surface area contributed by atoms with Crippen LogP contribution in [0.4, 0.5) is 4.79 Å². The molecule has 0 spiro atoms. The van der Waals surface area contributed by atoms with Crippen LogP contribution in [0.1, 0.15) is 13.3 Å². The van der Waals surface area contributed by atoms with Gasteiger partial charge in [-0.2, -0.15) is 0 Å². The van der Waals surface area contributed by atoms with Gasteiger partial charge >= 0.3 is 6.09 Å². The average molecular weight is 230 g/mol. The number of amides is 2. The van der Waals surface area contributed by atoms with Gasteiger partial charge in [-0.3, -0.25) is 15.0 Å². The number of hydrogen-bond donors (Lipinski definition) is 2. The summed E-state index contributed by atoms with van der Waals surface area (Å²) in [5.74, 6) is -0.0321. The molecule has 0 aromatic heterocycles. The van der Waals surface area contributed by atoms with Gasteiger partial charge in [0.25, 0.3) is 0 Å². The quantitative estimate of drug-likeness (QED) is 0.688. The van der Waals surface area contributed by atoms with Crippen molar-refractivity contribution in [2.24, 2.45) is 5.92 Å². The molecule has 0 bridgehead atoms. The summed E-state index contributed by atoms with van der Waals surface area (Å²) >= 11 is 0. The Morgan fingerprint density at radius 3 is 2.81 bits per heavy atom. The van der Waals surface area contributed by atoms with Crippen LogP contribution in [0.25, 0.3) is 0 Å². The van der Waals surface area contributed by atoms with E-state index in [9.17, 15) is 14.7 Å². The van der Waals surface area contributed by atoms with E-state index in [0.29, 0.717) is 5.92 Å². The molecule has 1 saturated heterocycles. The van der Waals surface area contributed by atoms with E-state index in [-0.39, 0.29) is 19.2 Å². The van der Waals surface area contributed by atoms with Crippen LogP contribution in [0.2, 0.25) is 0 Å². The van der Waals surface area contributed by atoms with Gasteiger partial charge in [0.15, 0.2) is 0 Å². The normalized spacial score (nSPS) is 25.4. The molecule has 6 heteroatoms. The Labute approximate surface area is 94.6 Å². The molecule has 1 fully saturated rings. The minimum Gasteiger partial charge on any atom is -0.453 e. The van der Waals surface area contributed by atoms with Crippen molar-refractivity contribution in [3.05, 3.63) is 0 Å². The number of aliphatic hydroxyl groups excluding tert-OH is 1. The second-order valence-electron chi connectivity index (χ2n) is 4.03. The van der Waals surface area contributed by atoms with Crippen LogP contribution in [-0.2, 0) is 9.53 Å². The highest BCUT2D eigenvalue weighted by Gasteiger charge is 2.31. The number of carbonyl (C=O) groups excluding carboxylic acids is 2. The van der Waals surface area contributed by atoms with Gasteiger partial charge in [-0.15, -0.1) is 0 Å². The van der Waals surface area contributed by atoms with Crippen molar-refractivity contribution < 1.29 is 19.4 Å². The van der Waals surface area contributed by atoms with Crippen LogP contribution in [0.3, 0.4) is 0 Å². The highest BCUT2D eigenvalue weighted by Crippen LogP contribution is 2.22. The Balaban J connectivity index is 2.42. The van der Waals surface area contributed by atoms with E-state index in [4.69, 9.17) is 0 Å². The number of alkyl carbamates (subject to hydrolysis) is 1. The van der Waals surface area contributed by atoms with Crippen LogP contribution in [0, 0.1) is 5.92 Å². The van der Waals surface area contributed by atoms with Gasteiger partial charge in [0, 0.05) is 6.04 Å². The third kappa shape index (κ3) is 3.18. The molecule has 2 amide bonds. The molecule has 6 nitrogen and oxygen atoms in total. The molecule has 0 saturated carbocycles. The molecular weight excluding hydrogens is 212 g/mol. The van der Waals surface area contributed by atoms with Crippen molar-refractivity contribution in [3.8, 4) is 0 Å². The van der Waals surface area contributed by atoms with Crippen LogP contribution >= 0.6 is 0 Å². The number of imide groups is 1. The fourth-order valence-electron chi connectivity index (χ4n) is 1.97. The van der Waals surface area contributed by atoms with Crippen molar-refractivity contribution in [3.63, 3.8) is 0 Å². The molecule has 16 heavy (non-hydrogen) atoms. The van der Waals surface area contributed by atoms with Crippen LogP contribution in [-0.4, -0.2) is 54.9 Å². The average Bonchev–Trinajstić information content (AvgIpc) is 2.58. The van der Waals surface area contributed by atoms with E-state index < -0.39 is 12.0 Å². The molecule has 0 aromatic rings. The first-order chi connectivity index (χ1) is 7.58. The molecule has 2 atom stereocenters. The molecule has 1 rings (SSSR count). The zero-order valence-corrected chi connectivity index (χ0v) is 9.60. The maximum atomic E-state index is 11.4. The van der Waals surface area contributed by atoms with E-state index in [1.54, 1.807) is 0 Å². The fraction of sp³-hybridized carbons (Fsp3) is 0.800. The second kappa shape index (κ2) is 5.81. The lowest BCUT2D eigenvalue weighted by atomic mass is 10.0. The van der Waals surface area contributed by atoms with Crippen molar-refractivity contribution in [2.75, 3.05) is 26.8 Å². The first-order valence-electron chi connectivity index (χ1n) is 5.31. The lowest BCUT2D eigenvalue weighted by Gasteiger charge is -2.23. The third-order valence-corrected chi connectivity index (χ3v) is 2.96. The SMILES string of the molecule is COC(=O)NC(=O)CN1CCC(C)C1CO. The van der Waals surface area contributed by atoms with Crippen LogP contribution in [0.15, 0.2) is 0 Å². The molecule has 2 N–H and O–H groups in total. The lowest BCUT2D eigenvalue weighted by molar-refractivity contribution is -0.122. The van der Waals surface area contributed by atoms with Gasteiger partial charge in [0.2, 0.25) is 5.91 Å². The minimum absolute atomic E-state index is 0.00315. The van der Waals surface area contributed by atoms with Gasteiger partial charge in [0.05, 0.1) is 20.3 Å². The van der Waals surface area contributed by atoms with Crippen molar-refractivity contribution in [1.82, 2.24) is 10.2 Å². The minimum atomic E-state index is -0.752. The summed E-state index contributed by atoms with van der Waals surface area (Å²) in [6.07, 6.45) is 0.203. The van der Waals surface area contributed by atoms with Crippen molar-refractivity contribution in [1.29, 1.82) is 0 Å². The van der Waals surface area contributed by atoms with Crippen LogP contribution < -0.4 is 5.32 Å². The Morgan fingerprint density at radius 1 is 1.56 bits per heavy atom. The molecule has 1 heterocycles. The molecule has 2 unspecified atom stereocenters. The van der Waals surface area contributed by atoms with Gasteiger partial charge in [-0.1, -0.05) is 6.92 Å². The Morgan fingerprint density at radius 2 is 2.25 bits per heavy atom. The molecule has 0 aliphatic carbocycles. The highest BCUT2D eigenvalue weighted by molar-refractivity contribution is 5.92. The largest absolute Gasteiger partial charge is 0.453 e. The Kier molecular flexibility index (Phi) is 4.70. The monoisotopic (exact) mass is 230 g/mol. The van der Waals surface area contributed by atoms with E-state index in [0.717, 1.165) is 13.0 Å². The number of likely N-dealkylation sites (tertiary alicyclic amines) is 1. The first-order valence-corrected chi connectivity index (χ1v) is 5.31. The number of carbonyl (C=O) groups is 2. The smallest absolute Gasteiger partial charge is 0.413 e. The Bertz CT molecular complexity index is 270. The van der Waals surface area contributed by atoms with Gasteiger partial charge in [-0.05, 0) is 18.9 Å². The second-order valence-corrected chi connectivity index (χ2v) is 4.03. The molecule has 1 aliphatic heterocycles. The standard InChI is InChI=1S/C10H18N2O4/c1-7-3-4-12(8(7)6-13)5-9(14)11-10(15)16-2/h7-8,13H,3-6H2,1-2H3,(H,11,14,15). The summed E-state index contributed by atoms with van der Waals surface area (Å²) in [4.78, 5) is 24.1. The number of rotatable bonds is 3. The fourth-order valence-corrected chi connectivity index (χ4v) is 1.97. The maximum absolute atomic E-state index is 11.4. The molecule has 0 aromatic carbocycles. The summed E-state index contributed by atoms with van der Waals surface area (Å²) in [5.41, 5.74) is 0. The van der Waals surface area contributed by atoms with Crippen molar-refractivity contribution >= 4 is 12.0 Å². The first kappa shape index (κ1) is 12.9. The van der Waals surface area contributed by atoms with E-state index in [2.05, 4.69) is 10.1 Å². The van der Waals surface area contributed by atoms with E-state index in [1.807, 2.05) is 11.8 Å². The number of methoxy groups -OCH3 is 1. The summed E-state index contributed by atoms with van der Waals surface area (Å²) in [5, 5.41) is 11.3. The zero-order valence-electron chi connectivity index (χ0n) is 9.60. The van der Waals surface area contributed by atoms with Gasteiger partial charge in [-0.25, -0.2) is 4.79 Å². The number of nitrogens with zero attached hydrogens (tertiary/aromatic N) is 1. The molecular formula is C10H18N2O4. The third-order valence-electron chi connectivity index (χ3n) is 2.96. The number of ether oxygens (including phenoxy) is 1. The predicted octanol–water partition coefficient (Wildman–Crippen LogP) is -0.428. The number of nitrogens with one attached hydrogen (secondary N) is 1. The molecule has 1 aliphatic rings. The number of hydrogen-bond acceptors (Lipinski definition) is 5. The van der Waals surface area contributed by atoms with Crippen LogP contribution in [0.5, 0.6) is 0 Å². The summed E-state index contributed by atoms with van der Waals surface area (Å²) in [6, 6.07) is 0.00315.